The molecule has 0 amide bonds. The zero-order valence-electron chi connectivity index (χ0n) is 17.1. The highest BCUT2D eigenvalue weighted by Crippen LogP contribution is 2.30. The van der Waals surface area contributed by atoms with Gasteiger partial charge in [0.15, 0.2) is 5.82 Å². The first-order valence-corrected chi connectivity index (χ1v) is 9.93. The molecule has 0 saturated carbocycles. The van der Waals surface area contributed by atoms with Crippen LogP contribution in [0.5, 0.6) is 11.5 Å². The SMILES string of the molecule is CCc1cc(N2CC(Cc3cc(OC)cc(OC)c3)C2)nc(-c2ccncc2)n1. The Morgan fingerprint density at radius 1 is 0.966 bits per heavy atom. The van der Waals surface area contributed by atoms with Crippen molar-refractivity contribution in [1.29, 1.82) is 0 Å². The number of aromatic nitrogens is 3. The molecule has 0 aliphatic carbocycles. The number of nitrogens with zero attached hydrogens (tertiary/aromatic N) is 4. The van der Waals surface area contributed by atoms with Crippen molar-refractivity contribution in [3.8, 4) is 22.9 Å². The third kappa shape index (κ3) is 4.31. The Morgan fingerprint density at radius 2 is 1.66 bits per heavy atom. The fourth-order valence-corrected chi connectivity index (χ4v) is 3.66. The zero-order valence-corrected chi connectivity index (χ0v) is 17.1. The molecular formula is C23H26N4O2. The number of rotatable bonds is 7. The Kier molecular flexibility index (Phi) is 5.60. The Hall–Kier alpha value is -3.15. The predicted octanol–water partition coefficient (Wildman–Crippen LogP) is 3.80. The molecular weight excluding hydrogens is 364 g/mol. The molecule has 1 aliphatic heterocycles. The minimum atomic E-state index is 0.580. The Labute approximate surface area is 171 Å². The van der Waals surface area contributed by atoms with Crippen molar-refractivity contribution in [3.63, 3.8) is 0 Å². The van der Waals surface area contributed by atoms with Gasteiger partial charge in [-0.1, -0.05) is 6.92 Å². The van der Waals surface area contributed by atoms with Crippen LogP contribution in [0.4, 0.5) is 5.82 Å². The maximum Gasteiger partial charge on any atom is 0.161 e. The molecule has 3 aromatic rings. The summed E-state index contributed by atoms with van der Waals surface area (Å²) in [4.78, 5) is 15.9. The third-order valence-corrected chi connectivity index (χ3v) is 5.28. The molecule has 6 heteroatoms. The summed E-state index contributed by atoms with van der Waals surface area (Å²) in [6.45, 7) is 4.09. The summed E-state index contributed by atoms with van der Waals surface area (Å²) in [5.74, 6) is 4.02. The van der Waals surface area contributed by atoms with Gasteiger partial charge in [-0.2, -0.15) is 0 Å². The molecule has 150 valence electrons. The number of hydrogen-bond acceptors (Lipinski definition) is 6. The quantitative estimate of drug-likeness (QED) is 0.612. The Bertz CT molecular complexity index is 950. The third-order valence-electron chi connectivity index (χ3n) is 5.28. The van der Waals surface area contributed by atoms with Gasteiger partial charge in [-0.05, 0) is 48.6 Å². The molecule has 0 radical (unpaired) electrons. The number of pyridine rings is 1. The molecule has 1 fully saturated rings. The van der Waals surface area contributed by atoms with Gasteiger partial charge in [-0.3, -0.25) is 4.98 Å². The first-order valence-electron chi connectivity index (χ1n) is 9.93. The van der Waals surface area contributed by atoms with E-state index < -0.39 is 0 Å². The van der Waals surface area contributed by atoms with Crippen LogP contribution in [0.25, 0.3) is 11.4 Å². The van der Waals surface area contributed by atoms with E-state index in [1.165, 1.54) is 5.56 Å². The number of hydrogen-bond donors (Lipinski definition) is 0. The Balaban J connectivity index is 1.47. The zero-order chi connectivity index (χ0) is 20.2. The molecule has 6 nitrogen and oxygen atoms in total. The predicted molar refractivity (Wildman–Crippen MR) is 114 cm³/mol. The van der Waals surface area contributed by atoms with Crippen LogP contribution in [0.2, 0.25) is 0 Å². The van der Waals surface area contributed by atoms with Gasteiger partial charge < -0.3 is 14.4 Å². The molecule has 4 rings (SSSR count). The van der Waals surface area contributed by atoms with E-state index in [0.29, 0.717) is 5.92 Å². The van der Waals surface area contributed by atoms with E-state index in [0.717, 1.165) is 60.3 Å². The van der Waals surface area contributed by atoms with Gasteiger partial charge in [-0.15, -0.1) is 0 Å². The van der Waals surface area contributed by atoms with Crippen LogP contribution in [-0.4, -0.2) is 42.3 Å². The van der Waals surface area contributed by atoms with E-state index in [4.69, 9.17) is 19.4 Å². The molecule has 1 aromatic carbocycles. The lowest BCUT2D eigenvalue weighted by Crippen LogP contribution is -2.48. The second-order valence-corrected chi connectivity index (χ2v) is 7.33. The van der Waals surface area contributed by atoms with Crippen molar-refractivity contribution in [2.75, 3.05) is 32.2 Å². The summed E-state index contributed by atoms with van der Waals surface area (Å²) < 4.78 is 10.8. The summed E-state index contributed by atoms with van der Waals surface area (Å²) in [7, 11) is 3.37. The lowest BCUT2D eigenvalue weighted by Gasteiger charge is -2.40. The lowest BCUT2D eigenvalue weighted by atomic mass is 9.92. The number of anilines is 1. The minimum absolute atomic E-state index is 0.580. The van der Waals surface area contributed by atoms with E-state index in [1.54, 1.807) is 26.6 Å². The van der Waals surface area contributed by atoms with Gasteiger partial charge >= 0.3 is 0 Å². The molecule has 29 heavy (non-hydrogen) atoms. The summed E-state index contributed by atoms with van der Waals surface area (Å²) in [5, 5.41) is 0. The van der Waals surface area contributed by atoms with Gasteiger partial charge in [0, 0.05) is 48.9 Å². The second kappa shape index (κ2) is 8.47. The molecule has 0 bridgehead atoms. The maximum atomic E-state index is 5.39. The van der Waals surface area contributed by atoms with Crippen LogP contribution in [-0.2, 0) is 12.8 Å². The number of aryl methyl sites for hydroxylation is 1. The van der Waals surface area contributed by atoms with Crippen LogP contribution < -0.4 is 14.4 Å². The largest absolute Gasteiger partial charge is 0.497 e. The van der Waals surface area contributed by atoms with Crippen molar-refractivity contribution < 1.29 is 9.47 Å². The molecule has 0 atom stereocenters. The first-order chi connectivity index (χ1) is 14.2. The van der Waals surface area contributed by atoms with E-state index in [9.17, 15) is 0 Å². The highest BCUT2D eigenvalue weighted by molar-refractivity contribution is 5.58. The van der Waals surface area contributed by atoms with Crippen molar-refractivity contribution >= 4 is 5.82 Å². The van der Waals surface area contributed by atoms with E-state index in [2.05, 4.69) is 35.0 Å². The van der Waals surface area contributed by atoms with Crippen molar-refractivity contribution in [1.82, 2.24) is 15.0 Å². The van der Waals surface area contributed by atoms with Crippen molar-refractivity contribution in [3.05, 3.63) is 60.0 Å². The minimum Gasteiger partial charge on any atom is -0.497 e. The van der Waals surface area contributed by atoms with Gasteiger partial charge in [0.1, 0.15) is 17.3 Å². The molecule has 0 N–H and O–H groups in total. The molecule has 3 heterocycles. The fraction of sp³-hybridized carbons (Fsp3) is 0.348. The van der Waals surface area contributed by atoms with Crippen LogP contribution in [0.15, 0.2) is 48.8 Å². The topological polar surface area (TPSA) is 60.4 Å². The van der Waals surface area contributed by atoms with Crippen molar-refractivity contribution in [2.45, 2.75) is 19.8 Å². The first kappa shape index (κ1) is 19.2. The smallest absolute Gasteiger partial charge is 0.161 e. The normalized spacial score (nSPS) is 13.8. The van der Waals surface area contributed by atoms with Gasteiger partial charge in [0.25, 0.3) is 0 Å². The molecule has 0 spiro atoms. The molecule has 1 saturated heterocycles. The highest BCUT2D eigenvalue weighted by Gasteiger charge is 2.29. The van der Waals surface area contributed by atoms with Gasteiger partial charge in [-0.25, -0.2) is 9.97 Å². The summed E-state index contributed by atoms with van der Waals surface area (Å²) in [5.41, 5.74) is 3.29. The van der Waals surface area contributed by atoms with Crippen LogP contribution >= 0.6 is 0 Å². The highest BCUT2D eigenvalue weighted by atomic mass is 16.5. The summed E-state index contributed by atoms with van der Waals surface area (Å²) >= 11 is 0. The number of ether oxygens (including phenoxy) is 2. The Morgan fingerprint density at radius 3 is 2.28 bits per heavy atom. The van der Waals surface area contributed by atoms with E-state index in [-0.39, 0.29) is 0 Å². The van der Waals surface area contributed by atoms with Crippen molar-refractivity contribution in [2.24, 2.45) is 5.92 Å². The molecule has 1 aliphatic rings. The van der Waals surface area contributed by atoms with Gasteiger partial charge in [0.05, 0.1) is 14.2 Å². The monoisotopic (exact) mass is 390 g/mol. The average molecular weight is 390 g/mol. The van der Waals surface area contributed by atoms with E-state index >= 15 is 0 Å². The van der Waals surface area contributed by atoms with Crippen LogP contribution in [0, 0.1) is 5.92 Å². The number of benzene rings is 1. The van der Waals surface area contributed by atoms with Crippen LogP contribution in [0.1, 0.15) is 18.2 Å². The maximum absolute atomic E-state index is 5.39. The fourth-order valence-electron chi connectivity index (χ4n) is 3.66. The lowest BCUT2D eigenvalue weighted by molar-refractivity contribution is 0.386. The standard InChI is InChI=1S/C23H26N4O2/c1-4-19-12-22(26-23(25-19)18-5-7-24-8-6-18)27-14-17(15-27)9-16-10-20(28-2)13-21(11-16)29-3/h5-8,10-13,17H,4,9,14-15H2,1-3H3. The molecule has 2 aromatic heterocycles. The summed E-state index contributed by atoms with van der Waals surface area (Å²) in [6, 6.07) is 12.1. The summed E-state index contributed by atoms with van der Waals surface area (Å²) in [6.07, 6.45) is 5.43. The molecule has 0 unspecified atom stereocenters. The van der Waals surface area contributed by atoms with E-state index in [1.807, 2.05) is 18.2 Å². The second-order valence-electron chi connectivity index (χ2n) is 7.33. The van der Waals surface area contributed by atoms with Gasteiger partial charge in [0.2, 0.25) is 0 Å². The van der Waals surface area contributed by atoms with Crippen LogP contribution in [0.3, 0.4) is 0 Å². The average Bonchev–Trinajstić information content (AvgIpc) is 2.75. The number of methoxy groups -OCH3 is 2.